The van der Waals surface area contributed by atoms with Crippen molar-refractivity contribution in [2.45, 2.75) is 11.4 Å². The van der Waals surface area contributed by atoms with Gasteiger partial charge in [-0.25, -0.2) is 12.7 Å². The van der Waals surface area contributed by atoms with Crippen molar-refractivity contribution in [1.29, 1.82) is 0 Å². The van der Waals surface area contributed by atoms with Crippen LogP contribution in [0.2, 0.25) is 0 Å². The molecule has 2 rings (SSSR count). The number of quaternary nitrogens is 1. The Labute approximate surface area is 149 Å². The van der Waals surface area contributed by atoms with Crippen LogP contribution in [0, 0.1) is 0 Å². The van der Waals surface area contributed by atoms with Crippen molar-refractivity contribution in [1.82, 2.24) is 4.31 Å². The first kappa shape index (κ1) is 19.1. The minimum atomic E-state index is -3.52. The standard InChI is InChI=1S/C18H23N3O3S/c1-20(2)25(23,24)17-11-7-10-16(12-17)19-18(22)14-21(3)13-15-8-5-4-6-9-15/h4-12H,13-14H2,1-3H3,(H,19,22)/p+1. The molecule has 0 aliphatic heterocycles. The molecule has 25 heavy (non-hydrogen) atoms. The maximum absolute atomic E-state index is 12.2. The number of nitrogens with one attached hydrogen (secondary N) is 2. The predicted molar refractivity (Wildman–Crippen MR) is 97.8 cm³/mol. The summed E-state index contributed by atoms with van der Waals surface area (Å²) in [5, 5.41) is 2.77. The Kier molecular flexibility index (Phi) is 6.30. The second-order valence-corrected chi connectivity index (χ2v) is 8.31. The summed E-state index contributed by atoms with van der Waals surface area (Å²) in [5.74, 6) is -0.159. The second-order valence-electron chi connectivity index (χ2n) is 6.16. The van der Waals surface area contributed by atoms with Crippen molar-refractivity contribution in [3.05, 3.63) is 60.2 Å². The minimum absolute atomic E-state index is 0.153. The molecular formula is C18H24N3O3S+. The number of sulfonamides is 1. The summed E-state index contributed by atoms with van der Waals surface area (Å²) < 4.78 is 25.5. The Balaban J connectivity index is 1.99. The Morgan fingerprint density at radius 1 is 1.08 bits per heavy atom. The van der Waals surface area contributed by atoms with Crippen molar-refractivity contribution in [2.24, 2.45) is 0 Å². The Bertz CT molecular complexity index is 820. The average molecular weight is 362 g/mol. The first-order chi connectivity index (χ1) is 11.8. The highest BCUT2D eigenvalue weighted by atomic mass is 32.2. The number of nitrogens with zero attached hydrogens (tertiary/aromatic N) is 1. The summed E-state index contributed by atoms with van der Waals surface area (Å²) in [5.41, 5.74) is 1.63. The Morgan fingerprint density at radius 2 is 1.76 bits per heavy atom. The van der Waals surface area contributed by atoms with Crippen LogP contribution in [-0.4, -0.2) is 46.3 Å². The van der Waals surface area contributed by atoms with Crippen molar-refractivity contribution < 1.29 is 18.1 Å². The molecular weight excluding hydrogens is 338 g/mol. The zero-order valence-electron chi connectivity index (χ0n) is 14.7. The van der Waals surface area contributed by atoms with E-state index in [1.807, 2.05) is 37.4 Å². The molecule has 0 heterocycles. The van der Waals surface area contributed by atoms with Crippen molar-refractivity contribution in [3.8, 4) is 0 Å². The van der Waals surface area contributed by atoms with Crippen molar-refractivity contribution >= 4 is 21.6 Å². The third kappa shape index (κ3) is 5.38. The van der Waals surface area contributed by atoms with Crippen LogP contribution in [0.3, 0.4) is 0 Å². The molecule has 1 amide bonds. The molecule has 0 saturated carbocycles. The van der Waals surface area contributed by atoms with Gasteiger partial charge in [-0.1, -0.05) is 36.4 Å². The van der Waals surface area contributed by atoms with Gasteiger partial charge in [0.2, 0.25) is 10.0 Å². The summed E-state index contributed by atoms with van der Waals surface area (Å²) in [7, 11) is 1.37. The number of rotatable bonds is 7. The average Bonchev–Trinajstić information content (AvgIpc) is 2.55. The highest BCUT2D eigenvalue weighted by molar-refractivity contribution is 7.89. The van der Waals surface area contributed by atoms with Crippen LogP contribution >= 0.6 is 0 Å². The third-order valence-corrected chi connectivity index (χ3v) is 5.52. The number of hydrogen-bond donors (Lipinski definition) is 2. The van der Waals surface area contributed by atoms with E-state index in [1.54, 1.807) is 12.1 Å². The van der Waals surface area contributed by atoms with E-state index in [4.69, 9.17) is 0 Å². The van der Waals surface area contributed by atoms with Gasteiger partial charge in [-0.15, -0.1) is 0 Å². The van der Waals surface area contributed by atoms with E-state index in [-0.39, 0.29) is 10.8 Å². The zero-order valence-corrected chi connectivity index (χ0v) is 15.5. The van der Waals surface area contributed by atoms with E-state index in [9.17, 15) is 13.2 Å². The molecule has 1 unspecified atom stereocenters. The molecule has 0 aromatic heterocycles. The molecule has 0 saturated heterocycles. The number of likely N-dealkylation sites (N-methyl/N-ethyl adjacent to an activating group) is 1. The predicted octanol–water partition coefficient (Wildman–Crippen LogP) is 0.590. The van der Waals surface area contributed by atoms with Gasteiger partial charge in [0.05, 0.1) is 11.9 Å². The van der Waals surface area contributed by atoms with E-state index in [1.165, 1.54) is 26.2 Å². The van der Waals surface area contributed by atoms with Gasteiger partial charge in [0.25, 0.3) is 5.91 Å². The number of amides is 1. The fourth-order valence-corrected chi connectivity index (χ4v) is 3.38. The minimum Gasteiger partial charge on any atom is -0.326 e. The van der Waals surface area contributed by atoms with Crippen molar-refractivity contribution in [3.63, 3.8) is 0 Å². The molecule has 2 aromatic rings. The van der Waals surface area contributed by atoms with Gasteiger partial charge < -0.3 is 10.2 Å². The summed E-state index contributed by atoms with van der Waals surface area (Å²) in [6.45, 7) is 1.03. The molecule has 0 bridgehead atoms. The fraction of sp³-hybridized carbons (Fsp3) is 0.278. The maximum atomic E-state index is 12.2. The van der Waals surface area contributed by atoms with Gasteiger partial charge in [-0.2, -0.15) is 0 Å². The lowest BCUT2D eigenvalue weighted by Crippen LogP contribution is -3.08. The van der Waals surface area contributed by atoms with Crippen LogP contribution in [0.5, 0.6) is 0 Å². The quantitative estimate of drug-likeness (QED) is 0.757. The monoisotopic (exact) mass is 362 g/mol. The number of benzene rings is 2. The van der Waals surface area contributed by atoms with Crippen LogP contribution in [0.4, 0.5) is 5.69 Å². The van der Waals surface area contributed by atoms with Gasteiger partial charge in [0, 0.05) is 25.3 Å². The summed E-state index contributed by atoms with van der Waals surface area (Å²) >= 11 is 0. The Morgan fingerprint density at radius 3 is 2.40 bits per heavy atom. The third-order valence-electron chi connectivity index (χ3n) is 3.71. The normalized spacial score (nSPS) is 12.8. The largest absolute Gasteiger partial charge is 0.326 e. The summed E-state index contributed by atoms with van der Waals surface area (Å²) in [6, 6.07) is 16.2. The molecule has 0 fully saturated rings. The van der Waals surface area contributed by atoms with Gasteiger partial charge in [-0.05, 0) is 18.2 Å². The first-order valence-electron chi connectivity index (χ1n) is 7.96. The van der Waals surface area contributed by atoms with E-state index < -0.39 is 10.0 Å². The fourth-order valence-electron chi connectivity index (χ4n) is 2.43. The van der Waals surface area contributed by atoms with E-state index in [0.717, 1.165) is 21.3 Å². The topological polar surface area (TPSA) is 70.9 Å². The van der Waals surface area contributed by atoms with E-state index >= 15 is 0 Å². The Hall–Kier alpha value is -2.22. The number of hydrogen-bond acceptors (Lipinski definition) is 3. The first-order valence-corrected chi connectivity index (χ1v) is 9.40. The second kappa shape index (κ2) is 8.24. The lowest BCUT2D eigenvalue weighted by Gasteiger charge is -2.15. The van der Waals surface area contributed by atoms with Crippen LogP contribution in [0.1, 0.15) is 5.56 Å². The maximum Gasteiger partial charge on any atom is 0.279 e. The lowest BCUT2D eigenvalue weighted by molar-refractivity contribution is -0.885. The summed E-state index contributed by atoms with van der Waals surface area (Å²) in [6.07, 6.45) is 0. The molecule has 134 valence electrons. The number of carbonyl (C=O) groups excluding carboxylic acids is 1. The van der Waals surface area contributed by atoms with Gasteiger partial charge in [0.15, 0.2) is 6.54 Å². The summed E-state index contributed by atoms with van der Waals surface area (Å²) in [4.78, 5) is 13.4. The molecule has 6 nitrogen and oxygen atoms in total. The van der Waals surface area contributed by atoms with E-state index in [0.29, 0.717) is 12.2 Å². The molecule has 0 radical (unpaired) electrons. The molecule has 2 aromatic carbocycles. The molecule has 7 heteroatoms. The molecule has 0 spiro atoms. The molecule has 2 N–H and O–H groups in total. The van der Waals surface area contributed by atoms with Gasteiger partial charge in [-0.3, -0.25) is 4.79 Å². The van der Waals surface area contributed by atoms with Crippen molar-refractivity contribution in [2.75, 3.05) is 33.0 Å². The van der Waals surface area contributed by atoms with Gasteiger partial charge >= 0.3 is 0 Å². The highest BCUT2D eigenvalue weighted by Crippen LogP contribution is 2.17. The number of anilines is 1. The smallest absolute Gasteiger partial charge is 0.279 e. The van der Waals surface area contributed by atoms with Crippen LogP contribution in [0.25, 0.3) is 0 Å². The molecule has 1 atom stereocenters. The van der Waals surface area contributed by atoms with Crippen LogP contribution < -0.4 is 10.2 Å². The number of carbonyl (C=O) groups is 1. The highest BCUT2D eigenvalue weighted by Gasteiger charge is 2.18. The SMILES string of the molecule is CN(C)S(=O)(=O)c1cccc(NC(=O)C[NH+](C)Cc2ccccc2)c1. The van der Waals surface area contributed by atoms with Gasteiger partial charge in [0.1, 0.15) is 6.54 Å². The zero-order chi connectivity index (χ0) is 18.4. The van der Waals surface area contributed by atoms with Crippen LogP contribution in [0.15, 0.2) is 59.5 Å². The van der Waals surface area contributed by atoms with E-state index in [2.05, 4.69) is 5.32 Å². The molecule has 0 aliphatic rings. The lowest BCUT2D eigenvalue weighted by atomic mass is 10.2. The molecule has 0 aliphatic carbocycles. The van der Waals surface area contributed by atoms with Crippen LogP contribution in [-0.2, 0) is 21.4 Å².